The predicted molar refractivity (Wildman–Crippen MR) is 145 cm³/mol. The number of benzene rings is 1. The first-order chi connectivity index (χ1) is 17.8. The van der Waals surface area contributed by atoms with Crippen LogP contribution < -0.4 is 16.0 Å². The maximum Gasteiger partial charge on any atom is 0.246 e. The molecule has 0 atom stereocenters. The first kappa shape index (κ1) is 29.3. The standard InChI is InChI=1S/C27H36FN7O2/c1-5-16-30-26-21(19-31-27(33-26)32-23-14-9-8-13-22(23)28)12-7-6-10-17-29-24(36)20-35(4)25(37)15-11-18-34(2)3/h8-9,11,13-15,19H,5-6,10,16-18,20H2,1-4H3,(H,29,36)(H2,30,31,32,33)/b15-11+. The Bertz CT molecular complexity index is 1130. The van der Waals surface area contributed by atoms with Crippen molar-refractivity contribution in [2.45, 2.75) is 26.2 Å². The van der Waals surface area contributed by atoms with Crippen LogP contribution in [0.4, 0.5) is 21.8 Å². The number of carbonyl (C=O) groups is 2. The molecular weight excluding hydrogens is 473 g/mol. The molecule has 37 heavy (non-hydrogen) atoms. The summed E-state index contributed by atoms with van der Waals surface area (Å²) >= 11 is 0. The number of nitrogens with zero attached hydrogens (tertiary/aromatic N) is 4. The van der Waals surface area contributed by atoms with E-state index in [4.69, 9.17) is 0 Å². The molecule has 0 aliphatic heterocycles. The van der Waals surface area contributed by atoms with Crippen molar-refractivity contribution in [3.8, 4) is 11.8 Å². The van der Waals surface area contributed by atoms with Gasteiger partial charge in [-0.15, -0.1) is 0 Å². The summed E-state index contributed by atoms with van der Waals surface area (Å²) in [6.07, 6.45) is 6.95. The highest BCUT2D eigenvalue weighted by Crippen LogP contribution is 2.19. The molecule has 198 valence electrons. The number of likely N-dealkylation sites (N-methyl/N-ethyl adjacent to an activating group) is 2. The molecule has 1 aromatic heterocycles. The molecule has 0 aliphatic carbocycles. The van der Waals surface area contributed by atoms with Gasteiger partial charge in [0, 0.05) is 39.2 Å². The van der Waals surface area contributed by atoms with Gasteiger partial charge in [0.25, 0.3) is 0 Å². The number of aromatic nitrogens is 2. The number of hydrogen-bond donors (Lipinski definition) is 3. The summed E-state index contributed by atoms with van der Waals surface area (Å²) in [6, 6.07) is 6.32. The maximum absolute atomic E-state index is 13.9. The Morgan fingerprint density at radius 3 is 2.68 bits per heavy atom. The Labute approximate surface area is 218 Å². The Kier molecular flexibility index (Phi) is 12.6. The smallest absolute Gasteiger partial charge is 0.246 e. The van der Waals surface area contributed by atoms with Gasteiger partial charge in [0.1, 0.15) is 11.6 Å². The van der Waals surface area contributed by atoms with Gasteiger partial charge < -0.3 is 25.8 Å². The van der Waals surface area contributed by atoms with Crippen molar-refractivity contribution >= 4 is 29.3 Å². The molecule has 1 heterocycles. The third-order valence-electron chi connectivity index (χ3n) is 4.96. The van der Waals surface area contributed by atoms with Crippen molar-refractivity contribution in [2.24, 2.45) is 0 Å². The SMILES string of the molecule is CCCNc1nc(Nc2ccccc2F)ncc1C#CCCCNC(=O)CN(C)C(=O)/C=C/CN(C)C. The number of nitrogens with one attached hydrogen (secondary N) is 3. The highest BCUT2D eigenvalue weighted by molar-refractivity contribution is 5.91. The van der Waals surface area contributed by atoms with Gasteiger partial charge in [0.2, 0.25) is 17.8 Å². The molecule has 1 aromatic carbocycles. The highest BCUT2D eigenvalue weighted by Gasteiger charge is 2.10. The zero-order valence-corrected chi connectivity index (χ0v) is 22.0. The fourth-order valence-electron chi connectivity index (χ4n) is 3.00. The van der Waals surface area contributed by atoms with E-state index in [2.05, 4.69) is 37.8 Å². The average Bonchev–Trinajstić information content (AvgIpc) is 2.86. The molecule has 10 heteroatoms. The summed E-state index contributed by atoms with van der Waals surface area (Å²) in [6.45, 7) is 3.85. The highest BCUT2D eigenvalue weighted by atomic mass is 19.1. The lowest BCUT2D eigenvalue weighted by Crippen LogP contribution is -2.38. The molecule has 0 unspecified atom stereocenters. The van der Waals surface area contributed by atoms with Crippen molar-refractivity contribution in [1.82, 2.24) is 25.1 Å². The number of unbranched alkanes of at least 4 members (excludes halogenated alkanes) is 1. The zero-order chi connectivity index (χ0) is 27.0. The molecule has 2 rings (SSSR count). The van der Waals surface area contributed by atoms with Crippen molar-refractivity contribution in [3.05, 3.63) is 54.0 Å². The second-order valence-corrected chi connectivity index (χ2v) is 8.60. The molecule has 0 saturated carbocycles. The van der Waals surface area contributed by atoms with Crippen LogP contribution in [0.5, 0.6) is 0 Å². The normalized spacial score (nSPS) is 10.6. The molecule has 0 radical (unpaired) electrons. The fraction of sp³-hybridized carbons (Fsp3) is 0.407. The number of hydrogen-bond acceptors (Lipinski definition) is 7. The molecule has 3 N–H and O–H groups in total. The molecule has 2 amide bonds. The van der Waals surface area contributed by atoms with E-state index in [0.717, 1.165) is 6.42 Å². The van der Waals surface area contributed by atoms with E-state index >= 15 is 0 Å². The van der Waals surface area contributed by atoms with E-state index in [1.165, 1.54) is 17.0 Å². The van der Waals surface area contributed by atoms with Gasteiger partial charge in [-0.05, 0) is 39.1 Å². The Morgan fingerprint density at radius 1 is 1.16 bits per heavy atom. The number of para-hydroxylation sites is 1. The molecule has 0 saturated heterocycles. The number of carbonyl (C=O) groups excluding carboxylic acids is 2. The molecule has 0 spiro atoms. The van der Waals surface area contributed by atoms with Crippen LogP contribution in [0.3, 0.4) is 0 Å². The topological polar surface area (TPSA) is 102 Å². The Balaban J connectivity index is 1.84. The Morgan fingerprint density at radius 2 is 1.95 bits per heavy atom. The van der Waals surface area contributed by atoms with Crippen molar-refractivity contribution in [3.63, 3.8) is 0 Å². The minimum atomic E-state index is -0.389. The third-order valence-corrected chi connectivity index (χ3v) is 4.96. The number of halogens is 1. The van der Waals surface area contributed by atoms with Gasteiger partial charge >= 0.3 is 0 Å². The predicted octanol–water partition coefficient (Wildman–Crippen LogP) is 3.01. The van der Waals surface area contributed by atoms with Gasteiger partial charge in [-0.1, -0.05) is 37.0 Å². The largest absolute Gasteiger partial charge is 0.369 e. The summed E-state index contributed by atoms with van der Waals surface area (Å²) in [5.41, 5.74) is 0.931. The second kappa shape index (κ2) is 15.9. The summed E-state index contributed by atoms with van der Waals surface area (Å²) < 4.78 is 13.9. The van der Waals surface area contributed by atoms with E-state index in [-0.39, 0.29) is 30.1 Å². The van der Waals surface area contributed by atoms with Crippen LogP contribution in [0.25, 0.3) is 0 Å². The van der Waals surface area contributed by atoms with Crippen LogP contribution in [0.15, 0.2) is 42.6 Å². The first-order valence-electron chi connectivity index (χ1n) is 12.2. The second-order valence-electron chi connectivity index (χ2n) is 8.60. The van der Waals surface area contributed by atoms with Gasteiger partial charge in [0.15, 0.2) is 0 Å². The van der Waals surface area contributed by atoms with Crippen LogP contribution in [0.1, 0.15) is 31.7 Å². The quantitative estimate of drug-likeness (QED) is 0.217. The summed E-state index contributed by atoms with van der Waals surface area (Å²) in [5, 5.41) is 8.93. The van der Waals surface area contributed by atoms with Crippen LogP contribution in [-0.2, 0) is 9.59 Å². The van der Waals surface area contributed by atoms with Crippen LogP contribution in [-0.4, -0.2) is 78.9 Å². The maximum atomic E-state index is 13.9. The third kappa shape index (κ3) is 11.1. The lowest BCUT2D eigenvalue weighted by atomic mass is 10.2. The van der Waals surface area contributed by atoms with Crippen molar-refractivity contribution in [1.29, 1.82) is 0 Å². The minimum Gasteiger partial charge on any atom is -0.369 e. The van der Waals surface area contributed by atoms with E-state index in [1.54, 1.807) is 37.5 Å². The monoisotopic (exact) mass is 509 g/mol. The minimum absolute atomic E-state index is 0.00607. The van der Waals surface area contributed by atoms with E-state index in [9.17, 15) is 14.0 Å². The van der Waals surface area contributed by atoms with Crippen molar-refractivity contribution < 1.29 is 14.0 Å². The van der Waals surface area contributed by atoms with Crippen LogP contribution in [0, 0.1) is 17.7 Å². The molecule has 9 nitrogen and oxygen atoms in total. The van der Waals surface area contributed by atoms with E-state index < -0.39 is 0 Å². The Hall–Kier alpha value is -3.97. The molecule has 0 aliphatic rings. The van der Waals surface area contributed by atoms with Crippen LogP contribution >= 0.6 is 0 Å². The molecule has 2 aromatic rings. The number of amides is 2. The summed E-state index contributed by atoms with van der Waals surface area (Å²) in [7, 11) is 5.42. The molecule has 0 bridgehead atoms. The van der Waals surface area contributed by atoms with Gasteiger partial charge in [-0.3, -0.25) is 9.59 Å². The van der Waals surface area contributed by atoms with Crippen molar-refractivity contribution in [2.75, 3.05) is 58.0 Å². The summed E-state index contributed by atoms with van der Waals surface area (Å²) in [4.78, 5) is 36.1. The van der Waals surface area contributed by atoms with Gasteiger partial charge in [-0.2, -0.15) is 4.98 Å². The fourth-order valence-corrected chi connectivity index (χ4v) is 3.00. The number of rotatable bonds is 13. The molecule has 0 fully saturated rings. The van der Waals surface area contributed by atoms with Gasteiger partial charge in [-0.25, -0.2) is 9.37 Å². The number of anilines is 3. The van der Waals surface area contributed by atoms with Crippen LogP contribution in [0.2, 0.25) is 0 Å². The summed E-state index contributed by atoms with van der Waals surface area (Å²) in [5.74, 6) is 6.17. The van der Waals surface area contributed by atoms with E-state index in [0.29, 0.717) is 49.5 Å². The lowest BCUT2D eigenvalue weighted by molar-refractivity contribution is -0.131. The average molecular weight is 510 g/mol. The van der Waals surface area contributed by atoms with Gasteiger partial charge in [0.05, 0.1) is 24.0 Å². The zero-order valence-electron chi connectivity index (χ0n) is 22.0. The van der Waals surface area contributed by atoms with E-state index in [1.807, 2.05) is 25.9 Å². The molecular formula is C27H36FN7O2. The lowest BCUT2D eigenvalue weighted by Gasteiger charge is -2.14. The first-order valence-corrected chi connectivity index (χ1v) is 12.2.